The van der Waals surface area contributed by atoms with Gasteiger partial charge in [0, 0.05) is 44.1 Å². The lowest BCUT2D eigenvalue weighted by atomic mass is 10.1. The molecule has 3 heterocycles. The molecule has 0 bridgehead atoms. The van der Waals surface area contributed by atoms with Gasteiger partial charge in [0.15, 0.2) is 0 Å². The first kappa shape index (κ1) is 23.2. The molecule has 0 aromatic carbocycles. The summed E-state index contributed by atoms with van der Waals surface area (Å²) in [4.78, 5) is 33.7. The molecule has 30 heavy (non-hydrogen) atoms. The number of ether oxygens (including phenoxy) is 1. The number of hydrogen-bond acceptors (Lipinski definition) is 5. The summed E-state index contributed by atoms with van der Waals surface area (Å²) < 4.78 is 5.44. The molecular formula is C23H37N3O3S. The zero-order valence-corrected chi connectivity index (χ0v) is 19.2. The van der Waals surface area contributed by atoms with E-state index in [1.165, 1.54) is 12.8 Å². The van der Waals surface area contributed by atoms with Crippen LogP contribution in [0.3, 0.4) is 0 Å². The molecule has 3 rings (SSSR count). The number of carbonyl (C=O) groups excluding carboxylic acids is 2. The summed E-state index contributed by atoms with van der Waals surface area (Å²) in [6.45, 7) is 8.76. The van der Waals surface area contributed by atoms with Gasteiger partial charge >= 0.3 is 0 Å². The second kappa shape index (κ2) is 12.4. The monoisotopic (exact) mass is 435 g/mol. The maximum atomic E-state index is 13.5. The number of nitrogens with zero attached hydrogens (tertiary/aromatic N) is 3. The molecule has 1 aromatic rings. The van der Waals surface area contributed by atoms with Crippen molar-refractivity contribution in [1.82, 2.24) is 14.7 Å². The number of morpholine rings is 1. The predicted octanol–water partition coefficient (Wildman–Crippen LogP) is 3.02. The lowest BCUT2D eigenvalue weighted by molar-refractivity contribution is -0.143. The number of unbranched alkanes of at least 4 members (excludes halogenated alkanes) is 3. The first-order valence-electron chi connectivity index (χ1n) is 11.6. The van der Waals surface area contributed by atoms with E-state index in [4.69, 9.17) is 4.74 Å². The molecule has 2 amide bonds. The second-order valence-electron chi connectivity index (χ2n) is 8.34. The van der Waals surface area contributed by atoms with Crippen LogP contribution in [-0.4, -0.2) is 85.0 Å². The van der Waals surface area contributed by atoms with Gasteiger partial charge in [-0.2, -0.15) is 0 Å². The van der Waals surface area contributed by atoms with Crippen LogP contribution in [0, 0.1) is 0 Å². The summed E-state index contributed by atoms with van der Waals surface area (Å²) in [5, 5.41) is 2.00. The minimum atomic E-state index is -0.284. The molecule has 2 saturated heterocycles. The van der Waals surface area contributed by atoms with Crippen molar-refractivity contribution in [2.75, 3.05) is 52.5 Å². The van der Waals surface area contributed by atoms with Crippen molar-refractivity contribution in [1.29, 1.82) is 0 Å². The van der Waals surface area contributed by atoms with Crippen LogP contribution in [-0.2, 0) is 20.7 Å². The fraction of sp³-hybridized carbons (Fsp3) is 0.739. The molecule has 0 saturated carbocycles. The van der Waals surface area contributed by atoms with Gasteiger partial charge in [-0.1, -0.05) is 32.3 Å². The quantitative estimate of drug-likeness (QED) is 0.502. The van der Waals surface area contributed by atoms with Crippen molar-refractivity contribution in [3.05, 3.63) is 22.4 Å². The fourth-order valence-electron chi connectivity index (χ4n) is 4.34. The van der Waals surface area contributed by atoms with Crippen LogP contribution < -0.4 is 0 Å². The van der Waals surface area contributed by atoms with Crippen molar-refractivity contribution in [3.8, 4) is 0 Å². The van der Waals surface area contributed by atoms with Crippen LogP contribution >= 0.6 is 11.3 Å². The zero-order chi connectivity index (χ0) is 21.2. The Labute approximate surface area is 185 Å². The summed E-state index contributed by atoms with van der Waals surface area (Å²) in [6, 6.07) is 3.69. The predicted molar refractivity (Wildman–Crippen MR) is 121 cm³/mol. The minimum absolute atomic E-state index is 0.0902. The minimum Gasteiger partial charge on any atom is -0.379 e. The Kier molecular flexibility index (Phi) is 9.62. The molecule has 1 aromatic heterocycles. The van der Waals surface area contributed by atoms with Gasteiger partial charge in [-0.25, -0.2) is 0 Å². The third kappa shape index (κ3) is 6.79. The van der Waals surface area contributed by atoms with Crippen molar-refractivity contribution < 1.29 is 14.3 Å². The summed E-state index contributed by atoms with van der Waals surface area (Å²) in [5.41, 5.74) is 0. The van der Waals surface area contributed by atoms with E-state index in [0.29, 0.717) is 13.0 Å². The van der Waals surface area contributed by atoms with Crippen LogP contribution in [0.25, 0.3) is 0 Å². The highest BCUT2D eigenvalue weighted by Gasteiger charge is 2.36. The standard InChI is InChI=1S/C23H37N3O3S/c1-2-3-4-5-10-25(13-12-24-14-16-29-17-15-24)23(28)21-9-6-11-26(21)22(27)19-20-8-7-18-30-20/h7-8,18,21H,2-6,9-17,19H2,1H3. The maximum Gasteiger partial charge on any atom is 0.245 e. The number of hydrogen-bond donors (Lipinski definition) is 0. The van der Waals surface area contributed by atoms with Crippen LogP contribution in [0.15, 0.2) is 17.5 Å². The number of amides is 2. The Morgan fingerprint density at radius 3 is 2.73 bits per heavy atom. The highest BCUT2D eigenvalue weighted by atomic mass is 32.1. The molecule has 168 valence electrons. The second-order valence-corrected chi connectivity index (χ2v) is 9.37. The van der Waals surface area contributed by atoms with Crippen molar-refractivity contribution in [2.24, 2.45) is 0 Å². The lowest BCUT2D eigenvalue weighted by Crippen LogP contribution is -2.50. The first-order chi connectivity index (χ1) is 14.7. The highest BCUT2D eigenvalue weighted by Crippen LogP contribution is 2.22. The van der Waals surface area contributed by atoms with Gasteiger partial charge in [0.1, 0.15) is 6.04 Å². The Balaban J connectivity index is 1.59. The topological polar surface area (TPSA) is 53.1 Å². The number of likely N-dealkylation sites (tertiary alicyclic amines) is 1. The van der Waals surface area contributed by atoms with E-state index < -0.39 is 0 Å². The van der Waals surface area contributed by atoms with E-state index >= 15 is 0 Å². The average molecular weight is 436 g/mol. The van der Waals surface area contributed by atoms with Crippen molar-refractivity contribution in [2.45, 2.75) is 57.9 Å². The number of rotatable bonds is 11. The SMILES string of the molecule is CCCCCCN(CCN1CCOCC1)C(=O)C1CCCN1C(=O)Cc1cccs1. The van der Waals surface area contributed by atoms with E-state index in [0.717, 1.165) is 76.5 Å². The number of carbonyl (C=O) groups is 2. The van der Waals surface area contributed by atoms with Crippen molar-refractivity contribution in [3.63, 3.8) is 0 Å². The molecule has 0 aliphatic carbocycles. The van der Waals surface area contributed by atoms with Gasteiger partial charge in [0.05, 0.1) is 19.6 Å². The highest BCUT2D eigenvalue weighted by molar-refractivity contribution is 7.10. The van der Waals surface area contributed by atoms with Gasteiger partial charge < -0.3 is 14.5 Å². The number of thiophene rings is 1. The molecule has 1 unspecified atom stereocenters. The third-order valence-corrected chi connectivity index (χ3v) is 7.02. The first-order valence-corrected chi connectivity index (χ1v) is 12.5. The van der Waals surface area contributed by atoms with E-state index in [9.17, 15) is 9.59 Å². The Morgan fingerprint density at radius 2 is 2.00 bits per heavy atom. The van der Waals surface area contributed by atoms with Crippen LogP contribution in [0.2, 0.25) is 0 Å². The molecule has 2 fully saturated rings. The van der Waals surface area contributed by atoms with Gasteiger partial charge in [0.25, 0.3) is 0 Å². The largest absolute Gasteiger partial charge is 0.379 e. The average Bonchev–Trinajstić information content (AvgIpc) is 3.45. The molecule has 0 spiro atoms. The van der Waals surface area contributed by atoms with E-state index in [1.807, 2.05) is 27.3 Å². The molecule has 0 radical (unpaired) electrons. The van der Waals surface area contributed by atoms with Crippen LogP contribution in [0.5, 0.6) is 0 Å². The summed E-state index contributed by atoms with van der Waals surface area (Å²) in [7, 11) is 0. The molecular weight excluding hydrogens is 398 g/mol. The Bertz CT molecular complexity index is 646. The Hall–Kier alpha value is -1.44. The normalized spacial score (nSPS) is 19.9. The third-order valence-electron chi connectivity index (χ3n) is 6.15. The summed E-state index contributed by atoms with van der Waals surface area (Å²) in [5.74, 6) is 0.240. The summed E-state index contributed by atoms with van der Waals surface area (Å²) in [6.07, 6.45) is 6.71. The van der Waals surface area contributed by atoms with Gasteiger partial charge in [-0.15, -0.1) is 11.3 Å². The van der Waals surface area contributed by atoms with Gasteiger partial charge in [-0.05, 0) is 30.7 Å². The zero-order valence-electron chi connectivity index (χ0n) is 18.4. The van der Waals surface area contributed by atoms with E-state index in [1.54, 1.807) is 11.3 Å². The lowest BCUT2D eigenvalue weighted by Gasteiger charge is -2.33. The molecule has 2 aliphatic rings. The van der Waals surface area contributed by atoms with Gasteiger partial charge in [-0.3, -0.25) is 14.5 Å². The molecule has 0 N–H and O–H groups in total. The molecule has 6 nitrogen and oxygen atoms in total. The molecule has 7 heteroatoms. The fourth-order valence-corrected chi connectivity index (χ4v) is 5.04. The smallest absolute Gasteiger partial charge is 0.245 e. The van der Waals surface area contributed by atoms with E-state index in [2.05, 4.69) is 11.8 Å². The molecule has 2 aliphatic heterocycles. The van der Waals surface area contributed by atoms with Crippen LogP contribution in [0.1, 0.15) is 50.3 Å². The van der Waals surface area contributed by atoms with E-state index in [-0.39, 0.29) is 17.9 Å². The maximum absolute atomic E-state index is 13.5. The molecule has 1 atom stereocenters. The van der Waals surface area contributed by atoms with Crippen LogP contribution in [0.4, 0.5) is 0 Å². The van der Waals surface area contributed by atoms with Gasteiger partial charge in [0.2, 0.25) is 11.8 Å². The Morgan fingerprint density at radius 1 is 1.17 bits per heavy atom. The van der Waals surface area contributed by atoms with Crippen molar-refractivity contribution >= 4 is 23.2 Å². The summed E-state index contributed by atoms with van der Waals surface area (Å²) >= 11 is 1.61.